The summed E-state index contributed by atoms with van der Waals surface area (Å²) in [7, 11) is 0. The van der Waals surface area contributed by atoms with Crippen LogP contribution in [0.15, 0.2) is 23.8 Å². The number of aliphatic hydroxyl groups excluding tert-OH is 2. The van der Waals surface area contributed by atoms with Crippen molar-refractivity contribution in [3.05, 3.63) is 23.8 Å². The third kappa shape index (κ3) is 2.31. The molecule has 1 rings (SSSR count). The highest BCUT2D eigenvalue weighted by atomic mass is 127. The molecule has 0 aromatic rings. The number of halogens is 1. The molecule has 0 aromatic heterocycles. The molecule has 3 heteroatoms. The molecule has 2 nitrogen and oxygen atoms in total. The smallest absolute Gasteiger partial charge is 0.0794 e. The molecule has 0 aromatic carbocycles. The summed E-state index contributed by atoms with van der Waals surface area (Å²) in [6, 6.07) is 0. The molecule has 1 aliphatic rings. The molecular formula is C9H13IO2. The topological polar surface area (TPSA) is 40.5 Å². The summed E-state index contributed by atoms with van der Waals surface area (Å²) in [5, 5.41) is 18.2. The van der Waals surface area contributed by atoms with E-state index in [9.17, 15) is 5.11 Å². The monoisotopic (exact) mass is 280 g/mol. The maximum atomic E-state index is 9.52. The van der Waals surface area contributed by atoms with Gasteiger partial charge >= 0.3 is 0 Å². The number of aliphatic hydroxyl groups is 2. The molecule has 0 unspecified atom stereocenters. The molecule has 1 fully saturated rings. The zero-order valence-electron chi connectivity index (χ0n) is 6.83. The number of hydrogen-bond donors (Lipinski definition) is 2. The van der Waals surface area contributed by atoms with Gasteiger partial charge in [0.05, 0.1) is 12.7 Å². The normalized spacial score (nSPS) is 34.2. The van der Waals surface area contributed by atoms with Crippen LogP contribution in [0.4, 0.5) is 0 Å². The van der Waals surface area contributed by atoms with Gasteiger partial charge in [0.2, 0.25) is 0 Å². The number of rotatable bonds is 1. The van der Waals surface area contributed by atoms with Gasteiger partial charge in [-0.1, -0.05) is 40.8 Å². The Morgan fingerprint density at radius 1 is 1.58 bits per heavy atom. The summed E-state index contributed by atoms with van der Waals surface area (Å²) in [5.41, 5.74) is 2.04. The maximum absolute atomic E-state index is 9.52. The molecule has 0 spiro atoms. The highest BCUT2D eigenvalue weighted by molar-refractivity contribution is 14.1. The van der Waals surface area contributed by atoms with Crippen molar-refractivity contribution in [1.29, 1.82) is 0 Å². The zero-order chi connectivity index (χ0) is 9.14. The van der Waals surface area contributed by atoms with Crippen LogP contribution in [0.1, 0.15) is 12.8 Å². The predicted molar refractivity (Wildman–Crippen MR) is 57.4 cm³/mol. The molecule has 0 aliphatic heterocycles. The van der Waals surface area contributed by atoms with Crippen LogP contribution < -0.4 is 0 Å². The van der Waals surface area contributed by atoms with E-state index in [-0.39, 0.29) is 6.61 Å². The standard InChI is InChI=1S/C9H13IO2/c1-6-8(10)4-7(2-3-11)5-9(6)12/h2,8-9,11-12H,1,3-5H2/b7-2-/t8-,9-/m1/s1. The quantitative estimate of drug-likeness (QED) is 0.433. The van der Waals surface area contributed by atoms with Crippen LogP contribution in [0.5, 0.6) is 0 Å². The predicted octanol–water partition coefficient (Wildman–Crippen LogP) is 1.42. The second kappa shape index (κ2) is 4.39. The van der Waals surface area contributed by atoms with E-state index in [1.165, 1.54) is 0 Å². The summed E-state index contributed by atoms with van der Waals surface area (Å²) in [6.45, 7) is 3.89. The minimum atomic E-state index is -0.418. The molecule has 2 atom stereocenters. The Morgan fingerprint density at radius 2 is 2.25 bits per heavy atom. The largest absolute Gasteiger partial charge is 0.392 e. The fourth-order valence-corrected chi connectivity index (χ4v) is 2.31. The van der Waals surface area contributed by atoms with E-state index in [0.717, 1.165) is 17.6 Å². The van der Waals surface area contributed by atoms with E-state index in [1.807, 2.05) is 0 Å². The van der Waals surface area contributed by atoms with E-state index in [0.29, 0.717) is 10.3 Å². The van der Waals surface area contributed by atoms with Crippen LogP contribution in [0, 0.1) is 0 Å². The first-order chi connectivity index (χ1) is 5.65. The molecule has 0 radical (unpaired) electrons. The Labute approximate surface area is 86.1 Å². The van der Waals surface area contributed by atoms with E-state index >= 15 is 0 Å². The fourth-order valence-electron chi connectivity index (χ4n) is 1.33. The average molecular weight is 280 g/mol. The summed E-state index contributed by atoms with van der Waals surface area (Å²) >= 11 is 2.27. The second-order valence-corrected chi connectivity index (χ2v) is 4.52. The van der Waals surface area contributed by atoms with Crippen LogP contribution >= 0.6 is 22.6 Å². The van der Waals surface area contributed by atoms with Gasteiger partial charge in [-0.25, -0.2) is 0 Å². The third-order valence-electron chi connectivity index (χ3n) is 2.11. The maximum Gasteiger partial charge on any atom is 0.0794 e. The van der Waals surface area contributed by atoms with Crippen molar-refractivity contribution in [3.8, 4) is 0 Å². The Balaban J connectivity index is 2.65. The summed E-state index contributed by atoms with van der Waals surface area (Å²) in [5.74, 6) is 0. The van der Waals surface area contributed by atoms with Crippen LogP contribution in [0.3, 0.4) is 0 Å². The van der Waals surface area contributed by atoms with Gasteiger partial charge in [-0.3, -0.25) is 0 Å². The number of alkyl halides is 1. The fraction of sp³-hybridized carbons (Fsp3) is 0.556. The second-order valence-electron chi connectivity index (χ2n) is 3.01. The minimum absolute atomic E-state index is 0.0674. The lowest BCUT2D eigenvalue weighted by Gasteiger charge is -2.27. The van der Waals surface area contributed by atoms with Crippen molar-refractivity contribution in [1.82, 2.24) is 0 Å². The van der Waals surface area contributed by atoms with Crippen LogP contribution in [-0.4, -0.2) is 26.8 Å². The van der Waals surface area contributed by atoms with Gasteiger partial charge in [0.15, 0.2) is 0 Å². The molecule has 2 N–H and O–H groups in total. The van der Waals surface area contributed by atoms with Gasteiger partial charge in [-0.05, 0) is 18.4 Å². The molecule has 1 saturated carbocycles. The van der Waals surface area contributed by atoms with Crippen molar-refractivity contribution in [2.45, 2.75) is 22.9 Å². The van der Waals surface area contributed by atoms with E-state index in [2.05, 4.69) is 29.2 Å². The van der Waals surface area contributed by atoms with Crippen molar-refractivity contribution in [3.63, 3.8) is 0 Å². The molecule has 68 valence electrons. The Hall–Kier alpha value is 0.130. The van der Waals surface area contributed by atoms with E-state index in [1.54, 1.807) is 6.08 Å². The number of hydrogen-bond acceptors (Lipinski definition) is 2. The average Bonchev–Trinajstić information content (AvgIpc) is 2.01. The van der Waals surface area contributed by atoms with E-state index in [4.69, 9.17) is 5.11 Å². The van der Waals surface area contributed by atoms with Gasteiger partial charge < -0.3 is 10.2 Å². The van der Waals surface area contributed by atoms with Crippen LogP contribution in [0.2, 0.25) is 0 Å². The lowest BCUT2D eigenvalue weighted by molar-refractivity contribution is 0.199. The molecule has 12 heavy (non-hydrogen) atoms. The molecule has 0 saturated heterocycles. The van der Waals surface area contributed by atoms with Crippen molar-refractivity contribution < 1.29 is 10.2 Å². The molecule has 0 heterocycles. The van der Waals surface area contributed by atoms with Gasteiger partial charge in [-0.15, -0.1) is 0 Å². The Morgan fingerprint density at radius 3 is 2.75 bits per heavy atom. The highest BCUT2D eigenvalue weighted by Crippen LogP contribution is 2.32. The van der Waals surface area contributed by atoms with Crippen LogP contribution in [-0.2, 0) is 0 Å². The minimum Gasteiger partial charge on any atom is -0.392 e. The first-order valence-corrected chi connectivity index (χ1v) is 5.19. The van der Waals surface area contributed by atoms with E-state index < -0.39 is 6.10 Å². The lowest BCUT2D eigenvalue weighted by atomic mass is 9.89. The first kappa shape index (κ1) is 10.2. The molecule has 1 aliphatic carbocycles. The summed E-state index contributed by atoms with van der Waals surface area (Å²) < 4.78 is 0.309. The molecule has 0 bridgehead atoms. The first-order valence-electron chi connectivity index (χ1n) is 3.94. The zero-order valence-corrected chi connectivity index (χ0v) is 8.99. The Bertz CT molecular complexity index is 195. The van der Waals surface area contributed by atoms with Gasteiger partial charge in [-0.2, -0.15) is 0 Å². The summed E-state index contributed by atoms with van der Waals surface area (Å²) in [6.07, 6.45) is 2.91. The molecular weight excluding hydrogens is 267 g/mol. The molecule has 0 amide bonds. The van der Waals surface area contributed by atoms with Crippen molar-refractivity contribution >= 4 is 22.6 Å². The lowest BCUT2D eigenvalue weighted by Crippen LogP contribution is -2.24. The van der Waals surface area contributed by atoms with Crippen molar-refractivity contribution in [2.75, 3.05) is 6.61 Å². The SMILES string of the molecule is C=C1[C@H](O)C/C(=C\CO)C[C@H]1I. The highest BCUT2D eigenvalue weighted by Gasteiger charge is 2.24. The van der Waals surface area contributed by atoms with Crippen molar-refractivity contribution in [2.24, 2.45) is 0 Å². The van der Waals surface area contributed by atoms with Crippen LogP contribution in [0.25, 0.3) is 0 Å². The van der Waals surface area contributed by atoms with Gasteiger partial charge in [0, 0.05) is 3.92 Å². The Kier molecular flexibility index (Phi) is 3.74. The van der Waals surface area contributed by atoms with Gasteiger partial charge in [0.25, 0.3) is 0 Å². The third-order valence-corrected chi connectivity index (χ3v) is 3.35. The van der Waals surface area contributed by atoms with Gasteiger partial charge in [0.1, 0.15) is 0 Å². The summed E-state index contributed by atoms with van der Waals surface area (Å²) in [4.78, 5) is 0.